The second-order valence-electron chi connectivity index (χ2n) is 2.29. The van der Waals surface area contributed by atoms with E-state index in [4.69, 9.17) is 0 Å². The molecule has 0 fully saturated rings. The van der Waals surface area contributed by atoms with Crippen molar-refractivity contribution in [3.63, 3.8) is 0 Å². The Balaban J connectivity index is 2.38. The van der Waals surface area contributed by atoms with Crippen LogP contribution in [0.4, 0.5) is 0 Å². The van der Waals surface area contributed by atoms with Crippen LogP contribution < -0.4 is 10.5 Å². The van der Waals surface area contributed by atoms with Gasteiger partial charge >= 0.3 is 0 Å². The number of hydrazone groups is 1. The average molecular weight is 132 g/mol. The third-order valence-corrected chi connectivity index (χ3v) is 1.62. The number of nitrogens with zero attached hydrogens (tertiary/aromatic N) is 1. The summed E-state index contributed by atoms with van der Waals surface area (Å²) < 4.78 is 0. The normalized spacial score (nSPS) is 20.8. The van der Waals surface area contributed by atoms with E-state index >= 15 is 0 Å². The van der Waals surface area contributed by atoms with E-state index in [1.54, 1.807) is 6.21 Å². The zero-order chi connectivity index (χ0) is 6.81. The lowest BCUT2D eigenvalue weighted by molar-refractivity contribution is 0.796. The molecule has 2 heteroatoms. The Morgan fingerprint density at radius 2 is 2.40 bits per heavy atom. The maximum atomic E-state index is 3.91. The van der Waals surface area contributed by atoms with Crippen LogP contribution in [0.15, 0.2) is 35.6 Å². The molecule has 0 spiro atoms. The minimum Gasteiger partial charge on any atom is -0.101 e. The van der Waals surface area contributed by atoms with Gasteiger partial charge in [-0.25, -0.2) is 0 Å². The van der Waals surface area contributed by atoms with E-state index in [1.165, 1.54) is 5.57 Å². The van der Waals surface area contributed by atoms with Crippen LogP contribution in [0, 0.1) is 0 Å². The van der Waals surface area contributed by atoms with Crippen LogP contribution in [0.2, 0.25) is 0 Å². The first-order valence-corrected chi connectivity index (χ1v) is 3.32. The highest BCUT2D eigenvalue weighted by Gasteiger charge is 2.12. The minimum atomic E-state index is 1.02. The summed E-state index contributed by atoms with van der Waals surface area (Å²) in [4.78, 5) is 0. The van der Waals surface area contributed by atoms with Crippen molar-refractivity contribution in [1.29, 1.82) is 0 Å². The summed E-state index contributed by atoms with van der Waals surface area (Å²) in [7, 11) is 0. The Morgan fingerprint density at radius 3 is 3.30 bits per heavy atom. The highest BCUT2D eigenvalue weighted by molar-refractivity contribution is 5.74. The quantitative estimate of drug-likeness (QED) is 0.515. The van der Waals surface area contributed by atoms with E-state index in [2.05, 4.69) is 16.6 Å². The van der Waals surface area contributed by atoms with Crippen LogP contribution in [-0.4, -0.2) is 6.21 Å². The van der Waals surface area contributed by atoms with Crippen LogP contribution in [0.25, 0.3) is 0 Å². The Bertz CT molecular complexity index is 228. The summed E-state index contributed by atoms with van der Waals surface area (Å²) in [6.45, 7) is 0. The van der Waals surface area contributed by atoms with Gasteiger partial charge < -0.3 is 0 Å². The number of fused-ring (bicyclic) bond motifs is 1. The van der Waals surface area contributed by atoms with Crippen molar-refractivity contribution in [3.05, 3.63) is 35.6 Å². The fourth-order valence-corrected chi connectivity index (χ4v) is 1.08. The zero-order valence-corrected chi connectivity index (χ0v) is 5.54. The summed E-state index contributed by atoms with van der Waals surface area (Å²) in [6, 6.07) is 0. The molecule has 0 saturated carbocycles. The van der Waals surface area contributed by atoms with Crippen molar-refractivity contribution in [2.24, 2.45) is 0 Å². The molecule has 1 N–H and O–H groups in total. The highest BCUT2D eigenvalue weighted by Crippen LogP contribution is 2.16. The molecule has 2 aliphatic rings. The molecule has 0 bridgehead atoms. The van der Waals surface area contributed by atoms with Crippen LogP contribution in [-0.2, 0) is 0 Å². The first-order chi connectivity index (χ1) is 4.97. The van der Waals surface area contributed by atoms with Crippen molar-refractivity contribution in [2.75, 3.05) is 0 Å². The van der Waals surface area contributed by atoms with Crippen molar-refractivity contribution in [1.82, 2.24) is 10.5 Å². The lowest BCUT2D eigenvalue weighted by Gasteiger charge is -2.07. The molecule has 0 atom stereocenters. The molecule has 0 aromatic rings. The molecule has 2 nitrogen and oxygen atoms in total. The van der Waals surface area contributed by atoms with Gasteiger partial charge in [0.05, 0.1) is 0 Å². The molecule has 1 radical (unpaired) electrons. The van der Waals surface area contributed by atoms with E-state index < -0.39 is 0 Å². The van der Waals surface area contributed by atoms with Crippen LogP contribution in [0.1, 0.15) is 6.42 Å². The van der Waals surface area contributed by atoms with E-state index in [1.807, 2.05) is 18.2 Å². The van der Waals surface area contributed by atoms with Gasteiger partial charge in [0.15, 0.2) is 5.10 Å². The molecule has 0 saturated heterocycles. The topological polar surface area (TPSA) is 26.1 Å². The fourth-order valence-electron chi connectivity index (χ4n) is 1.08. The highest BCUT2D eigenvalue weighted by atomic mass is 15.3. The van der Waals surface area contributed by atoms with E-state index in [0.717, 1.165) is 12.1 Å². The van der Waals surface area contributed by atoms with Gasteiger partial charge in [0.25, 0.3) is 6.21 Å². The predicted molar refractivity (Wildman–Crippen MR) is 41.3 cm³/mol. The van der Waals surface area contributed by atoms with Crippen molar-refractivity contribution in [2.45, 2.75) is 6.42 Å². The third kappa shape index (κ3) is 0.778. The van der Waals surface area contributed by atoms with Gasteiger partial charge in [-0.05, 0) is 18.1 Å². The van der Waals surface area contributed by atoms with Gasteiger partial charge in [-0.3, -0.25) is 0 Å². The lowest BCUT2D eigenvalue weighted by Crippen LogP contribution is -2.22. The zero-order valence-electron chi connectivity index (χ0n) is 5.54. The molecule has 1 heterocycles. The standard InChI is InChI=1S/C8H8N2/c1-2-4-8-7(3-1)5-6-9-10-8/h1-2,4-6,10H,3H2/q+1. The largest absolute Gasteiger partial charge is 0.275 e. The van der Waals surface area contributed by atoms with Crippen molar-refractivity contribution < 1.29 is 0 Å². The van der Waals surface area contributed by atoms with Gasteiger partial charge in [-0.15, -0.1) is 5.43 Å². The monoisotopic (exact) mass is 132 g/mol. The van der Waals surface area contributed by atoms with Crippen LogP contribution in [0.3, 0.4) is 0 Å². The van der Waals surface area contributed by atoms with Gasteiger partial charge in [-0.1, -0.05) is 12.2 Å². The molecule has 1 aliphatic heterocycles. The van der Waals surface area contributed by atoms with Crippen LogP contribution in [0.5, 0.6) is 0 Å². The number of allylic oxidation sites excluding steroid dienone is 5. The summed E-state index contributed by atoms with van der Waals surface area (Å²) in [6.07, 6.45) is 11.0. The molecule has 49 valence electrons. The van der Waals surface area contributed by atoms with E-state index in [-0.39, 0.29) is 0 Å². The van der Waals surface area contributed by atoms with Crippen LogP contribution >= 0.6 is 0 Å². The molecule has 1 aliphatic carbocycles. The summed E-state index contributed by atoms with van der Waals surface area (Å²) in [5.74, 6) is 0. The Morgan fingerprint density at radius 1 is 1.40 bits per heavy atom. The Hall–Kier alpha value is -1.31. The van der Waals surface area contributed by atoms with Gasteiger partial charge in [0.2, 0.25) is 0 Å². The predicted octanol–water partition coefficient (Wildman–Crippen LogP) is 0.681. The fraction of sp³-hybridized carbons (Fsp3) is 0.125. The summed E-state index contributed by atoms with van der Waals surface area (Å²) in [5.41, 5.74) is 5.38. The summed E-state index contributed by atoms with van der Waals surface area (Å²) in [5, 5.41) is 3.91. The maximum Gasteiger partial charge on any atom is 0.275 e. The molecule has 0 unspecified atom stereocenters. The molecule has 0 amide bonds. The number of hydrogen-bond donors (Lipinski definition) is 1. The Labute approximate surface area is 59.6 Å². The number of hydrogen-bond acceptors (Lipinski definition) is 2. The van der Waals surface area contributed by atoms with E-state index in [0.29, 0.717) is 0 Å². The second kappa shape index (κ2) is 2.14. The maximum absolute atomic E-state index is 3.91. The molecule has 0 aromatic heterocycles. The van der Waals surface area contributed by atoms with Gasteiger partial charge in [-0.2, -0.15) is 0 Å². The Kier molecular flexibility index (Phi) is 1.17. The van der Waals surface area contributed by atoms with Crippen molar-refractivity contribution >= 4 is 6.21 Å². The number of nitrogens with one attached hydrogen (secondary N) is 1. The smallest absolute Gasteiger partial charge is 0.101 e. The molecular formula is C8H8N2+. The molecule has 2 rings (SSSR count). The second-order valence-corrected chi connectivity index (χ2v) is 2.29. The molecule has 0 aromatic carbocycles. The minimum absolute atomic E-state index is 1.02. The van der Waals surface area contributed by atoms with Crippen molar-refractivity contribution in [3.8, 4) is 0 Å². The molecule has 10 heavy (non-hydrogen) atoms. The molecular weight excluding hydrogens is 124 g/mol. The first-order valence-electron chi connectivity index (χ1n) is 3.32. The lowest BCUT2D eigenvalue weighted by atomic mass is 10.0. The third-order valence-electron chi connectivity index (χ3n) is 1.62. The van der Waals surface area contributed by atoms with E-state index in [9.17, 15) is 0 Å². The van der Waals surface area contributed by atoms with Gasteiger partial charge in [0, 0.05) is 6.08 Å². The number of rotatable bonds is 0. The van der Waals surface area contributed by atoms with Gasteiger partial charge in [0.1, 0.15) is 5.70 Å². The first kappa shape index (κ1) is 5.47. The average Bonchev–Trinajstić information content (AvgIpc) is 2.05. The SMILES string of the molecule is C1=CCC2=CC=[N+]NC2=C1. The summed E-state index contributed by atoms with van der Waals surface area (Å²) >= 11 is 0.